The van der Waals surface area contributed by atoms with Gasteiger partial charge < -0.3 is 5.32 Å². The molecule has 0 fully saturated rings. The number of thiazole rings is 1. The van der Waals surface area contributed by atoms with Crippen LogP contribution in [0.5, 0.6) is 0 Å². The molecule has 0 bridgehead atoms. The lowest BCUT2D eigenvalue weighted by Gasteiger charge is -2.10. The second-order valence-corrected chi connectivity index (χ2v) is 5.51. The van der Waals surface area contributed by atoms with Gasteiger partial charge in [0, 0.05) is 18.1 Å². The van der Waals surface area contributed by atoms with Gasteiger partial charge in [0.2, 0.25) is 0 Å². The molecule has 98 valence electrons. The van der Waals surface area contributed by atoms with Gasteiger partial charge in [0.05, 0.1) is 16.7 Å². The van der Waals surface area contributed by atoms with Gasteiger partial charge in [-0.15, -0.1) is 21.5 Å². The highest BCUT2D eigenvalue weighted by atomic mass is 32.1. The second kappa shape index (κ2) is 5.07. The van der Waals surface area contributed by atoms with E-state index < -0.39 is 0 Å². The highest BCUT2D eigenvalue weighted by Crippen LogP contribution is 2.13. The average Bonchev–Trinajstić information content (AvgIpc) is 3.02. The first-order valence-corrected chi connectivity index (χ1v) is 7.06. The number of rotatable bonds is 4. The standard InChI is InChI=1S/C13H15N5S/c1-9(14-7-11-8-19-10(2)15-11)13-17-16-12-5-3-4-6-18(12)13/h3-6,8-9,14H,7H2,1-2H3. The van der Waals surface area contributed by atoms with Crippen molar-refractivity contribution in [1.82, 2.24) is 24.9 Å². The summed E-state index contributed by atoms with van der Waals surface area (Å²) in [6, 6.07) is 6.02. The number of fused-ring (bicyclic) bond motifs is 1. The van der Waals surface area contributed by atoms with Crippen molar-refractivity contribution in [3.05, 3.63) is 46.3 Å². The summed E-state index contributed by atoms with van der Waals surface area (Å²) in [4.78, 5) is 4.44. The van der Waals surface area contributed by atoms with Crippen molar-refractivity contribution in [3.8, 4) is 0 Å². The van der Waals surface area contributed by atoms with Gasteiger partial charge in [-0.25, -0.2) is 4.98 Å². The zero-order valence-corrected chi connectivity index (χ0v) is 11.7. The van der Waals surface area contributed by atoms with Crippen molar-refractivity contribution in [3.63, 3.8) is 0 Å². The van der Waals surface area contributed by atoms with Crippen LogP contribution in [0.25, 0.3) is 5.65 Å². The normalized spacial score (nSPS) is 12.9. The van der Waals surface area contributed by atoms with Crippen LogP contribution in [0, 0.1) is 6.92 Å². The molecule has 0 radical (unpaired) electrons. The topological polar surface area (TPSA) is 55.1 Å². The minimum atomic E-state index is 0.124. The van der Waals surface area contributed by atoms with E-state index in [0.29, 0.717) is 0 Å². The molecule has 1 atom stereocenters. The van der Waals surface area contributed by atoms with Crippen LogP contribution in [-0.4, -0.2) is 19.6 Å². The van der Waals surface area contributed by atoms with Crippen LogP contribution < -0.4 is 5.32 Å². The van der Waals surface area contributed by atoms with Crippen molar-refractivity contribution >= 4 is 17.0 Å². The minimum absolute atomic E-state index is 0.124. The lowest BCUT2D eigenvalue weighted by Crippen LogP contribution is -2.20. The van der Waals surface area contributed by atoms with Crippen molar-refractivity contribution in [2.75, 3.05) is 0 Å². The first-order chi connectivity index (χ1) is 9.24. The van der Waals surface area contributed by atoms with E-state index in [1.807, 2.05) is 35.7 Å². The monoisotopic (exact) mass is 273 g/mol. The molecular weight excluding hydrogens is 258 g/mol. The third-order valence-corrected chi connectivity index (χ3v) is 3.81. The Morgan fingerprint density at radius 2 is 2.26 bits per heavy atom. The molecule has 5 nitrogen and oxygen atoms in total. The van der Waals surface area contributed by atoms with Crippen LogP contribution in [-0.2, 0) is 6.54 Å². The van der Waals surface area contributed by atoms with Crippen molar-refractivity contribution in [2.24, 2.45) is 0 Å². The summed E-state index contributed by atoms with van der Waals surface area (Å²) in [6.45, 7) is 4.85. The third kappa shape index (κ3) is 2.50. The Kier molecular flexibility index (Phi) is 3.27. The molecule has 3 heterocycles. The highest BCUT2D eigenvalue weighted by molar-refractivity contribution is 7.09. The Morgan fingerprint density at radius 1 is 1.37 bits per heavy atom. The van der Waals surface area contributed by atoms with Crippen LogP contribution in [0.3, 0.4) is 0 Å². The number of pyridine rings is 1. The quantitative estimate of drug-likeness (QED) is 0.792. The summed E-state index contributed by atoms with van der Waals surface area (Å²) < 4.78 is 2.00. The Balaban J connectivity index is 1.75. The van der Waals surface area contributed by atoms with Crippen LogP contribution >= 0.6 is 11.3 Å². The first-order valence-electron chi connectivity index (χ1n) is 6.18. The molecule has 1 unspecified atom stereocenters. The largest absolute Gasteiger partial charge is 0.302 e. The Morgan fingerprint density at radius 3 is 3.05 bits per heavy atom. The molecule has 0 aliphatic heterocycles. The molecule has 0 aliphatic rings. The first kappa shape index (κ1) is 12.3. The molecule has 3 aromatic rings. The molecule has 0 saturated carbocycles. The van der Waals surface area contributed by atoms with Crippen LogP contribution in [0.1, 0.15) is 29.5 Å². The zero-order valence-electron chi connectivity index (χ0n) is 10.9. The lowest BCUT2D eigenvalue weighted by atomic mass is 10.3. The van der Waals surface area contributed by atoms with Gasteiger partial charge in [0.1, 0.15) is 0 Å². The van der Waals surface area contributed by atoms with Gasteiger partial charge in [-0.2, -0.15) is 0 Å². The molecule has 3 aromatic heterocycles. The summed E-state index contributed by atoms with van der Waals surface area (Å²) in [5.41, 5.74) is 1.94. The summed E-state index contributed by atoms with van der Waals surface area (Å²) in [5.74, 6) is 0.919. The highest BCUT2D eigenvalue weighted by Gasteiger charge is 2.12. The van der Waals surface area contributed by atoms with Crippen LogP contribution in [0.2, 0.25) is 0 Å². The van der Waals surface area contributed by atoms with E-state index >= 15 is 0 Å². The summed E-state index contributed by atoms with van der Waals surface area (Å²) in [5, 5.41) is 15.0. The molecule has 0 aliphatic carbocycles. The molecule has 3 rings (SSSR count). The predicted molar refractivity (Wildman–Crippen MR) is 75.1 cm³/mol. The fraction of sp³-hybridized carbons (Fsp3) is 0.308. The summed E-state index contributed by atoms with van der Waals surface area (Å²) >= 11 is 1.67. The molecule has 19 heavy (non-hydrogen) atoms. The van der Waals surface area contributed by atoms with Gasteiger partial charge in [-0.1, -0.05) is 6.07 Å². The number of nitrogens with zero attached hydrogens (tertiary/aromatic N) is 4. The van der Waals surface area contributed by atoms with Crippen molar-refractivity contribution in [2.45, 2.75) is 26.4 Å². The Bertz CT molecular complexity index is 687. The van der Waals surface area contributed by atoms with E-state index in [9.17, 15) is 0 Å². The maximum atomic E-state index is 4.44. The van der Waals surface area contributed by atoms with Gasteiger partial charge in [-0.05, 0) is 26.0 Å². The molecular formula is C13H15N5S. The smallest absolute Gasteiger partial charge is 0.160 e. The van der Waals surface area contributed by atoms with Crippen LogP contribution in [0.4, 0.5) is 0 Å². The van der Waals surface area contributed by atoms with E-state index in [-0.39, 0.29) is 6.04 Å². The van der Waals surface area contributed by atoms with E-state index in [4.69, 9.17) is 0 Å². The third-order valence-electron chi connectivity index (χ3n) is 2.98. The van der Waals surface area contributed by atoms with Gasteiger partial charge in [0.15, 0.2) is 11.5 Å². The second-order valence-electron chi connectivity index (χ2n) is 4.45. The van der Waals surface area contributed by atoms with Gasteiger partial charge >= 0.3 is 0 Å². The maximum absolute atomic E-state index is 4.44. The molecule has 6 heteroatoms. The molecule has 0 amide bonds. The number of nitrogens with one attached hydrogen (secondary N) is 1. The predicted octanol–water partition coefficient (Wildman–Crippen LogP) is 2.35. The Labute approximate surface area is 115 Å². The fourth-order valence-corrected chi connectivity index (χ4v) is 2.61. The summed E-state index contributed by atoms with van der Waals surface area (Å²) in [7, 11) is 0. The van der Waals surface area contributed by atoms with Crippen molar-refractivity contribution < 1.29 is 0 Å². The average molecular weight is 273 g/mol. The number of hydrogen-bond donors (Lipinski definition) is 1. The van der Waals surface area contributed by atoms with E-state index in [1.54, 1.807) is 11.3 Å². The van der Waals surface area contributed by atoms with E-state index in [2.05, 4.69) is 32.8 Å². The minimum Gasteiger partial charge on any atom is -0.302 e. The molecule has 1 N–H and O–H groups in total. The zero-order chi connectivity index (χ0) is 13.2. The Hall–Kier alpha value is -1.79. The van der Waals surface area contributed by atoms with Gasteiger partial charge in [0.25, 0.3) is 0 Å². The molecule has 0 aromatic carbocycles. The lowest BCUT2D eigenvalue weighted by molar-refractivity contribution is 0.537. The number of hydrogen-bond acceptors (Lipinski definition) is 5. The van der Waals surface area contributed by atoms with E-state index in [0.717, 1.165) is 28.7 Å². The fourth-order valence-electron chi connectivity index (χ4n) is 1.99. The van der Waals surface area contributed by atoms with Crippen LogP contribution in [0.15, 0.2) is 29.8 Å². The summed E-state index contributed by atoms with van der Waals surface area (Å²) in [6.07, 6.45) is 1.98. The molecule has 0 saturated heterocycles. The SMILES string of the molecule is Cc1nc(CNC(C)c2nnc3ccccn23)cs1. The van der Waals surface area contributed by atoms with E-state index in [1.165, 1.54) is 0 Å². The number of aromatic nitrogens is 4. The molecule has 0 spiro atoms. The van der Waals surface area contributed by atoms with Gasteiger partial charge in [-0.3, -0.25) is 4.40 Å². The number of aryl methyl sites for hydroxylation is 1. The van der Waals surface area contributed by atoms with Crippen molar-refractivity contribution in [1.29, 1.82) is 0 Å². The maximum Gasteiger partial charge on any atom is 0.160 e.